The molecule has 1 unspecified atom stereocenters. The van der Waals surface area contributed by atoms with Crippen LogP contribution >= 0.6 is 15.9 Å². The number of amides is 1. The Balaban J connectivity index is 2.33. The molecule has 1 heterocycles. The maximum Gasteiger partial charge on any atom is 0.244 e. The predicted molar refractivity (Wildman–Crippen MR) is 73.1 cm³/mol. The summed E-state index contributed by atoms with van der Waals surface area (Å²) in [7, 11) is 0. The SMILES string of the molecule is CCNC1CCCN(c2c(F)cc(Br)cc2F)C1=O. The molecular weight excluding hydrogens is 318 g/mol. The van der Waals surface area contributed by atoms with Crippen LogP contribution in [0.3, 0.4) is 0 Å². The predicted octanol–water partition coefficient (Wildman–Crippen LogP) is 2.83. The van der Waals surface area contributed by atoms with Crippen LogP contribution < -0.4 is 10.2 Å². The van der Waals surface area contributed by atoms with Gasteiger partial charge >= 0.3 is 0 Å². The summed E-state index contributed by atoms with van der Waals surface area (Å²) < 4.78 is 28.1. The van der Waals surface area contributed by atoms with E-state index in [0.717, 1.165) is 6.42 Å². The highest BCUT2D eigenvalue weighted by Crippen LogP contribution is 2.29. The largest absolute Gasteiger partial charge is 0.306 e. The lowest BCUT2D eigenvalue weighted by Crippen LogP contribution is -2.51. The normalized spacial score (nSPS) is 19.9. The van der Waals surface area contributed by atoms with Crippen LogP contribution in [-0.2, 0) is 4.79 Å². The van der Waals surface area contributed by atoms with Gasteiger partial charge < -0.3 is 10.2 Å². The van der Waals surface area contributed by atoms with Crippen LogP contribution in [0.5, 0.6) is 0 Å². The Morgan fingerprint density at radius 2 is 2.05 bits per heavy atom. The molecule has 0 saturated carbocycles. The van der Waals surface area contributed by atoms with Gasteiger partial charge in [-0.05, 0) is 31.5 Å². The third-order valence-electron chi connectivity index (χ3n) is 3.14. The number of piperidine rings is 1. The molecule has 0 radical (unpaired) electrons. The molecule has 1 atom stereocenters. The fraction of sp³-hybridized carbons (Fsp3) is 0.462. The number of carbonyl (C=O) groups is 1. The lowest BCUT2D eigenvalue weighted by atomic mass is 10.0. The fourth-order valence-corrected chi connectivity index (χ4v) is 2.73. The van der Waals surface area contributed by atoms with Gasteiger partial charge in [-0.25, -0.2) is 8.78 Å². The Hall–Kier alpha value is -1.01. The number of rotatable bonds is 3. The van der Waals surface area contributed by atoms with Gasteiger partial charge in [-0.3, -0.25) is 4.79 Å². The first-order chi connectivity index (χ1) is 9.04. The summed E-state index contributed by atoms with van der Waals surface area (Å²) in [5, 5.41) is 3.04. The van der Waals surface area contributed by atoms with Gasteiger partial charge in [0.2, 0.25) is 5.91 Å². The van der Waals surface area contributed by atoms with Crippen molar-refractivity contribution in [1.29, 1.82) is 0 Å². The van der Waals surface area contributed by atoms with E-state index in [1.165, 1.54) is 17.0 Å². The van der Waals surface area contributed by atoms with Gasteiger partial charge in [0.1, 0.15) is 5.69 Å². The molecule has 2 rings (SSSR count). The van der Waals surface area contributed by atoms with Crippen molar-refractivity contribution in [3.8, 4) is 0 Å². The molecule has 1 aromatic rings. The monoisotopic (exact) mass is 332 g/mol. The number of anilines is 1. The van der Waals surface area contributed by atoms with Gasteiger partial charge in [0.05, 0.1) is 6.04 Å². The van der Waals surface area contributed by atoms with Crippen LogP contribution in [0.4, 0.5) is 14.5 Å². The van der Waals surface area contributed by atoms with Gasteiger partial charge in [0.15, 0.2) is 11.6 Å². The minimum Gasteiger partial charge on any atom is -0.306 e. The van der Waals surface area contributed by atoms with Gasteiger partial charge in [-0.15, -0.1) is 0 Å². The highest BCUT2D eigenvalue weighted by atomic mass is 79.9. The van der Waals surface area contributed by atoms with Crippen LogP contribution in [0.15, 0.2) is 16.6 Å². The summed E-state index contributed by atoms with van der Waals surface area (Å²) in [4.78, 5) is 13.4. The van der Waals surface area contributed by atoms with E-state index >= 15 is 0 Å². The van der Waals surface area contributed by atoms with Gasteiger partial charge in [0.25, 0.3) is 0 Å². The Morgan fingerprint density at radius 1 is 1.42 bits per heavy atom. The summed E-state index contributed by atoms with van der Waals surface area (Å²) in [5.41, 5.74) is -0.254. The van der Waals surface area contributed by atoms with E-state index < -0.39 is 11.6 Å². The van der Waals surface area contributed by atoms with E-state index in [-0.39, 0.29) is 17.6 Å². The molecule has 1 aliphatic rings. The molecule has 3 nitrogen and oxygen atoms in total. The fourth-order valence-electron chi connectivity index (χ4n) is 2.33. The zero-order valence-electron chi connectivity index (χ0n) is 10.5. The summed E-state index contributed by atoms with van der Waals surface area (Å²) in [6.07, 6.45) is 1.42. The first-order valence-electron chi connectivity index (χ1n) is 6.24. The molecular formula is C13H15BrF2N2O. The number of hydrogen-bond acceptors (Lipinski definition) is 2. The molecule has 0 spiro atoms. The average Bonchev–Trinajstić information content (AvgIpc) is 2.32. The van der Waals surface area contributed by atoms with E-state index in [0.29, 0.717) is 24.0 Å². The van der Waals surface area contributed by atoms with Crippen molar-refractivity contribution < 1.29 is 13.6 Å². The van der Waals surface area contributed by atoms with Crippen molar-refractivity contribution in [2.75, 3.05) is 18.0 Å². The minimum atomic E-state index is -0.725. The standard InChI is InChI=1S/C13H15BrF2N2O/c1-2-17-11-4-3-5-18(13(11)19)12-9(15)6-8(14)7-10(12)16/h6-7,11,17H,2-5H2,1H3. The Labute approximate surface area is 119 Å². The molecule has 0 bridgehead atoms. The quantitative estimate of drug-likeness (QED) is 0.923. The van der Waals surface area contributed by atoms with Gasteiger partial charge in [0, 0.05) is 11.0 Å². The van der Waals surface area contributed by atoms with Gasteiger partial charge in [-0.1, -0.05) is 22.9 Å². The minimum absolute atomic E-state index is 0.254. The van der Waals surface area contributed by atoms with E-state index in [2.05, 4.69) is 21.2 Å². The maximum atomic E-state index is 13.9. The van der Waals surface area contributed by atoms with Crippen molar-refractivity contribution in [2.24, 2.45) is 0 Å². The lowest BCUT2D eigenvalue weighted by molar-refractivity contribution is -0.121. The summed E-state index contributed by atoms with van der Waals surface area (Å²) in [6.45, 7) is 2.89. The van der Waals surface area contributed by atoms with Crippen LogP contribution in [0.25, 0.3) is 0 Å². The third kappa shape index (κ3) is 2.95. The molecule has 1 aromatic carbocycles. The number of nitrogens with zero attached hydrogens (tertiary/aromatic N) is 1. The second-order valence-corrected chi connectivity index (χ2v) is 5.38. The van der Waals surface area contributed by atoms with Crippen LogP contribution in [0.2, 0.25) is 0 Å². The lowest BCUT2D eigenvalue weighted by Gasteiger charge is -2.33. The van der Waals surface area contributed by atoms with E-state index in [9.17, 15) is 13.6 Å². The van der Waals surface area contributed by atoms with Crippen molar-refractivity contribution in [1.82, 2.24) is 5.32 Å². The first kappa shape index (κ1) is 14.4. The summed E-state index contributed by atoms with van der Waals surface area (Å²) in [5.74, 6) is -1.72. The van der Waals surface area contributed by atoms with Crippen molar-refractivity contribution >= 4 is 27.5 Å². The van der Waals surface area contributed by atoms with Crippen LogP contribution in [0.1, 0.15) is 19.8 Å². The Bertz CT molecular complexity index is 471. The zero-order valence-corrected chi connectivity index (χ0v) is 12.1. The smallest absolute Gasteiger partial charge is 0.244 e. The molecule has 1 saturated heterocycles. The van der Waals surface area contributed by atoms with Crippen LogP contribution in [-0.4, -0.2) is 25.0 Å². The third-order valence-corrected chi connectivity index (χ3v) is 3.60. The molecule has 1 N–H and O–H groups in total. The van der Waals surface area contributed by atoms with E-state index in [4.69, 9.17) is 0 Å². The molecule has 104 valence electrons. The molecule has 1 fully saturated rings. The number of halogens is 3. The first-order valence-corrected chi connectivity index (χ1v) is 7.03. The topological polar surface area (TPSA) is 32.3 Å². The molecule has 1 aliphatic heterocycles. The molecule has 19 heavy (non-hydrogen) atoms. The molecule has 0 aliphatic carbocycles. The summed E-state index contributed by atoms with van der Waals surface area (Å²) >= 11 is 3.03. The van der Waals surface area contributed by atoms with E-state index in [1.807, 2.05) is 6.92 Å². The van der Waals surface area contributed by atoms with E-state index in [1.54, 1.807) is 0 Å². The van der Waals surface area contributed by atoms with Crippen molar-refractivity contribution in [3.05, 3.63) is 28.2 Å². The van der Waals surface area contributed by atoms with Gasteiger partial charge in [-0.2, -0.15) is 0 Å². The molecule has 1 amide bonds. The zero-order chi connectivity index (χ0) is 14.0. The second kappa shape index (κ2) is 5.96. The number of likely N-dealkylation sites (N-methyl/N-ethyl adjacent to an activating group) is 1. The van der Waals surface area contributed by atoms with Crippen molar-refractivity contribution in [3.63, 3.8) is 0 Å². The summed E-state index contributed by atoms with van der Waals surface area (Å²) in [6, 6.07) is 1.98. The number of nitrogens with one attached hydrogen (secondary N) is 1. The highest BCUT2D eigenvalue weighted by molar-refractivity contribution is 9.10. The maximum absolute atomic E-state index is 13.9. The Kier molecular flexibility index (Phi) is 4.52. The molecule has 0 aromatic heterocycles. The number of hydrogen-bond donors (Lipinski definition) is 1. The second-order valence-electron chi connectivity index (χ2n) is 4.46. The molecule has 6 heteroatoms. The number of benzene rings is 1. The number of carbonyl (C=O) groups excluding carboxylic acids is 1. The average molecular weight is 333 g/mol. The Morgan fingerprint density at radius 3 is 2.63 bits per heavy atom. The van der Waals surface area contributed by atoms with Crippen LogP contribution in [0, 0.1) is 11.6 Å². The highest BCUT2D eigenvalue weighted by Gasteiger charge is 2.32. The van der Waals surface area contributed by atoms with Crippen molar-refractivity contribution in [2.45, 2.75) is 25.8 Å².